The summed E-state index contributed by atoms with van der Waals surface area (Å²) in [6.07, 6.45) is 2.42. The van der Waals surface area contributed by atoms with E-state index in [1.165, 1.54) is 24.4 Å². The Kier molecular flexibility index (Phi) is 7.00. The van der Waals surface area contributed by atoms with Crippen LogP contribution in [0.2, 0.25) is 5.02 Å². The van der Waals surface area contributed by atoms with Crippen molar-refractivity contribution >= 4 is 39.4 Å². The fourth-order valence-corrected chi connectivity index (χ4v) is 4.45. The number of hydrogen-bond donors (Lipinski definition) is 1. The molecule has 0 aliphatic carbocycles. The lowest BCUT2D eigenvalue weighted by molar-refractivity contribution is -0.119. The lowest BCUT2D eigenvalue weighted by Gasteiger charge is -2.22. The number of anilines is 1. The molecule has 0 unspecified atom stereocenters. The van der Waals surface area contributed by atoms with Gasteiger partial charge in [0.15, 0.2) is 0 Å². The number of aromatic nitrogens is 1. The number of amides is 1. The molecule has 0 atom stereocenters. The highest BCUT2D eigenvalue weighted by Gasteiger charge is 2.22. The Morgan fingerprint density at radius 3 is 2.50 bits per heavy atom. The van der Waals surface area contributed by atoms with Gasteiger partial charge < -0.3 is 4.57 Å². The van der Waals surface area contributed by atoms with Gasteiger partial charge in [-0.05, 0) is 44.2 Å². The molecule has 0 fully saturated rings. The minimum absolute atomic E-state index is 0.198. The number of hydrazone groups is 1. The fraction of sp³-hybridized carbons (Fsp3) is 0.182. The molecule has 1 aromatic heterocycles. The summed E-state index contributed by atoms with van der Waals surface area (Å²) in [6.45, 7) is 3.16. The zero-order valence-corrected chi connectivity index (χ0v) is 19.3. The molecule has 0 saturated heterocycles. The highest BCUT2D eigenvalue weighted by Crippen LogP contribution is 2.27. The first-order chi connectivity index (χ1) is 15.1. The Labute approximate surface area is 191 Å². The summed E-state index contributed by atoms with van der Waals surface area (Å²) in [5.74, 6) is -0.999. The van der Waals surface area contributed by atoms with Gasteiger partial charge >= 0.3 is 0 Å². The second kappa shape index (κ2) is 9.54. The summed E-state index contributed by atoms with van der Waals surface area (Å²) >= 11 is 6.09. The van der Waals surface area contributed by atoms with Gasteiger partial charge in [-0.3, -0.25) is 9.10 Å². The van der Waals surface area contributed by atoms with E-state index in [4.69, 9.17) is 11.6 Å². The molecule has 0 bridgehead atoms. The Balaban J connectivity index is 1.76. The van der Waals surface area contributed by atoms with Crippen LogP contribution >= 0.6 is 11.6 Å². The van der Waals surface area contributed by atoms with E-state index in [0.29, 0.717) is 11.3 Å². The van der Waals surface area contributed by atoms with E-state index in [1.807, 2.05) is 19.9 Å². The number of halogens is 2. The average molecular weight is 477 g/mol. The van der Waals surface area contributed by atoms with Crippen molar-refractivity contribution < 1.29 is 17.6 Å². The first-order valence-electron chi connectivity index (χ1n) is 9.57. The molecular weight excluding hydrogens is 455 g/mol. The second-order valence-electron chi connectivity index (χ2n) is 7.13. The van der Waals surface area contributed by atoms with Crippen molar-refractivity contribution in [1.29, 1.82) is 0 Å². The summed E-state index contributed by atoms with van der Waals surface area (Å²) in [5.41, 5.74) is 5.15. The molecule has 168 valence electrons. The SMILES string of the molecule is Cc1cc(/C=N\NC(=O)CN(c2ccccc2Cl)S(C)(=O)=O)c(C)n1-c1ccccc1F. The van der Waals surface area contributed by atoms with Crippen molar-refractivity contribution in [3.05, 3.63) is 82.4 Å². The Morgan fingerprint density at radius 1 is 1.19 bits per heavy atom. The molecule has 1 amide bonds. The molecular formula is C22H22ClFN4O3S. The number of rotatable bonds is 7. The van der Waals surface area contributed by atoms with Crippen LogP contribution in [0.4, 0.5) is 10.1 Å². The Bertz CT molecular complexity index is 1290. The number of sulfonamides is 1. The first-order valence-corrected chi connectivity index (χ1v) is 11.8. The third-order valence-electron chi connectivity index (χ3n) is 4.77. The summed E-state index contributed by atoms with van der Waals surface area (Å²) in [5, 5.41) is 4.14. The minimum atomic E-state index is -3.76. The molecule has 0 aliphatic heterocycles. The predicted octanol–water partition coefficient (Wildman–Crippen LogP) is 3.80. The largest absolute Gasteiger partial charge is 0.315 e. The molecule has 7 nitrogen and oxygen atoms in total. The predicted molar refractivity (Wildman–Crippen MR) is 125 cm³/mol. The number of nitrogens with one attached hydrogen (secondary N) is 1. The summed E-state index contributed by atoms with van der Waals surface area (Å²) in [7, 11) is -3.76. The summed E-state index contributed by atoms with van der Waals surface area (Å²) < 4.78 is 41.2. The van der Waals surface area contributed by atoms with Crippen molar-refractivity contribution in [3.63, 3.8) is 0 Å². The number of carbonyl (C=O) groups excluding carboxylic acids is 1. The van der Waals surface area contributed by atoms with Gasteiger partial charge in [-0.15, -0.1) is 0 Å². The molecule has 0 radical (unpaired) electrons. The normalized spacial score (nSPS) is 11.7. The van der Waals surface area contributed by atoms with Gasteiger partial charge in [0.1, 0.15) is 12.4 Å². The molecule has 32 heavy (non-hydrogen) atoms. The maximum atomic E-state index is 14.2. The third-order valence-corrected chi connectivity index (χ3v) is 6.21. The summed E-state index contributed by atoms with van der Waals surface area (Å²) in [6, 6.07) is 14.6. The fourth-order valence-electron chi connectivity index (χ4n) is 3.30. The van der Waals surface area contributed by atoms with Crippen LogP contribution < -0.4 is 9.73 Å². The number of aryl methyl sites for hydroxylation is 1. The highest BCUT2D eigenvalue weighted by atomic mass is 35.5. The maximum Gasteiger partial charge on any atom is 0.260 e. The van der Waals surface area contributed by atoms with Gasteiger partial charge in [0, 0.05) is 17.0 Å². The Morgan fingerprint density at radius 2 is 1.84 bits per heavy atom. The quantitative estimate of drug-likeness (QED) is 0.416. The van der Waals surface area contributed by atoms with Gasteiger partial charge in [0.05, 0.1) is 28.9 Å². The van der Waals surface area contributed by atoms with E-state index in [-0.39, 0.29) is 16.5 Å². The van der Waals surface area contributed by atoms with Gasteiger partial charge in [0.2, 0.25) is 10.0 Å². The van der Waals surface area contributed by atoms with Crippen molar-refractivity contribution in [3.8, 4) is 5.69 Å². The average Bonchev–Trinajstić information content (AvgIpc) is 3.00. The van der Waals surface area contributed by atoms with E-state index in [0.717, 1.165) is 21.9 Å². The van der Waals surface area contributed by atoms with Crippen LogP contribution in [0.15, 0.2) is 59.7 Å². The zero-order chi connectivity index (χ0) is 23.5. The maximum absolute atomic E-state index is 14.2. The molecule has 3 aromatic rings. The van der Waals surface area contributed by atoms with Crippen LogP contribution in [0.5, 0.6) is 0 Å². The molecule has 10 heteroatoms. The molecule has 1 N–H and O–H groups in total. The van der Waals surface area contributed by atoms with Crippen molar-refractivity contribution in [2.45, 2.75) is 13.8 Å². The number of para-hydroxylation sites is 2. The van der Waals surface area contributed by atoms with Crippen molar-refractivity contribution in [1.82, 2.24) is 9.99 Å². The first kappa shape index (κ1) is 23.5. The van der Waals surface area contributed by atoms with Gasteiger partial charge in [0.25, 0.3) is 5.91 Å². The van der Waals surface area contributed by atoms with Crippen LogP contribution in [-0.2, 0) is 14.8 Å². The van der Waals surface area contributed by atoms with Gasteiger partial charge in [-0.1, -0.05) is 35.9 Å². The smallest absolute Gasteiger partial charge is 0.260 e. The monoisotopic (exact) mass is 476 g/mol. The molecule has 2 aromatic carbocycles. The minimum Gasteiger partial charge on any atom is -0.315 e. The molecule has 3 rings (SSSR count). The van der Waals surface area contributed by atoms with Crippen LogP contribution in [0.25, 0.3) is 5.69 Å². The van der Waals surface area contributed by atoms with Crippen LogP contribution in [0.1, 0.15) is 17.0 Å². The number of hydrogen-bond acceptors (Lipinski definition) is 4. The molecule has 1 heterocycles. The van der Waals surface area contributed by atoms with Gasteiger partial charge in [-0.2, -0.15) is 5.10 Å². The van der Waals surface area contributed by atoms with E-state index in [9.17, 15) is 17.6 Å². The summed E-state index contributed by atoms with van der Waals surface area (Å²) in [4.78, 5) is 12.4. The molecule has 0 spiro atoms. The lowest BCUT2D eigenvalue weighted by atomic mass is 10.2. The molecule has 0 saturated carbocycles. The molecule has 0 aliphatic rings. The number of carbonyl (C=O) groups is 1. The highest BCUT2D eigenvalue weighted by molar-refractivity contribution is 7.92. The second-order valence-corrected chi connectivity index (χ2v) is 9.44. The standard InChI is InChI=1S/C22H22ClFN4O3S/c1-15-12-17(16(2)28(15)21-11-7-5-9-19(21)24)13-25-26-22(29)14-27(32(3,30)31)20-10-6-4-8-18(20)23/h4-13H,14H2,1-3H3,(H,26,29)/b25-13-. The zero-order valence-electron chi connectivity index (χ0n) is 17.7. The topological polar surface area (TPSA) is 83.8 Å². The number of nitrogens with zero attached hydrogens (tertiary/aromatic N) is 3. The van der Waals surface area contributed by atoms with E-state index in [2.05, 4.69) is 10.5 Å². The van der Waals surface area contributed by atoms with Crippen LogP contribution in [0.3, 0.4) is 0 Å². The van der Waals surface area contributed by atoms with Crippen molar-refractivity contribution in [2.24, 2.45) is 5.10 Å². The van der Waals surface area contributed by atoms with E-state index < -0.39 is 22.5 Å². The van der Waals surface area contributed by atoms with Crippen LogP contribution in [-0.4, -0.2) is 37.9 Å². The van der Waals surface area contributed by atoms with Crippen LogP contribution in [0, 0.1) is 19.7 Å². The van der Waals surface area contributed by atoms with Gasteiger partial charge in [-0.25, -0.2) is 18.2 Å². The Hall–Kier alpha value is -3.17. The van der Waals surface area contributed by atoms with E-state index in [1.54, 1.807) is 34.9 Å². The van der Waals surface area contributed by atoms with Crippen molar-refractivity contribution in [2.75, 3.05) is 17.1 Å². The number of benzene rings is 2. The van der Waals surface area contributed by atoms with E-state index >= 15 is 0 Å². The lowest BCUT2D eigenvalue weighted by Crippen LogP contribution is -2.39. The third kappa shape index (κ3) is 5.17.